The third kappa shape index (κ3) is 4.33. The first kappa shape index (κ1) is 16.1. The Labute approximate surface area is 125 Å². The molecule has 1 heterocycles. The zero-order valence-electron chi connectivity index (χ0n) is 12.4. The minimum atomic E-state index is -3.34. The van der Waals surface area contributed by atoms with Gasteiger partial charge in [0.05, 0.1) is 18.5 Å². The first-order valence-electron chi connectivity index (χ1n) is 6.98. The van der Waals surface area contributed by atoms with E-state index in [1.165, 1.54) is 4.31 Å². The molecule has 0 saturated carbocycles. The Balaban J connectivity index is 1.90. The number of hydrogen-bond donors (Lipinski definition) is 1. The molecule has 2 rings (SSSR count). The van der Waals surface area contributed by atoms with Gasteiger partial charge in [-0.1, -0.05) is 0 Å². The van der Waals surface area contributed by atoms with Crippen LogP contribution in [0, 0.1) is 0 Å². The minimum Gasteiger partial charge on any atom is -0.492 e. The highest BCUT2D eigenvalue weighted by molar-refractivity contribution is 7.89. The number of benzene rings is 1. The van der Waals surface area contributed by atoms with Crippen LogP contribution in [0.2, 0.25) is 0 Å². The highest BCUT2D eigenvalue weighted by Gasteiger charge is 2.32. The molecule has 2 unspecified atom stereocenters. The van der Waals surface area contributed by atoms with Gasteiger partial charge in [0.25, 0.3) is 0 Å². The maximum atomic E-state index is 12.4. The van der Waals surface area contributed by atoms with E-state index < -0.39 is 10.0 Å². The number of rotatable bonds is 5. The fraction of sp³-hybridized carbons (Fsp3) is 0.571. The van der Waals surface area contributed by atoms with Crippen LogP contribution in [0.1, 0.15) is 13.8 Å². The summed E-state index contributed by atoms with van der Waals surface area (Å²) in [4.78, 5) is 0. The van der Waals surface area contributed by atoms with Crippen molar-refractivity contribution in [1.29, 1.82) is 0 Å². The second-order valence-electron chi connectivity index (χ2n) is 5.30. The molecule has 1 aliphatic rings. The van der Waals surface area contributed by atoms with Crippen molar-refractivity contribution in [3.05, 3.63) is 24.3 Å². The van der Waals surface area contributed by atoms with Crippen LogP contribution in [-0.2, 0) is 14.8 Å². The summed E-state index contributed by atoms with van der Waals surface area (Å²) in [5.74, 6) is 0.567. The highest BCUT2D eigenvalue weighted by atomic mass is 32.2. The molecule has 0 bridgehead atoms. The second-order valence-corrected chi connectivity index (χ2v) is 7.34. The molecule has 118 valence electrons. The second kappa shape index (κ2) is 6.64. The van der Waals surface area contributed by atoms with Gasteiger partial charge >= 0.3 is 0 Å². The van der Waals surface area contributed by atoms with E-state index in [0.29, 0.717) is 24.6 Å². The molecule has 0 spiro atoms. The zero-order valence-corrected chi connectivity index (χ0v) is 13.2. The average molecular weight is 314 g/mol. The van der Waals surface area contributed by atoms with Gasteiger partial charge in [-0.2, -0.15) is 4.31 Å². The Bertz CT molecular complexity index is 559. The first-order valence-corrected chi connectivity index (χ1v) is 8.59. The van der Waals surface area contributed by atoms with E-state index in [1.54, 1.807) is 24.3 Å². The summed E-state index contributed by atoms with van der Waals surface area (Å²) < 4.78 is 37.1. The Hall–Kier alpha value is -1.31. The molecule has 2 atom stereocenters. The lowest BCUT2D eigenvalue weighted by atomic mass is 10.2. The van der Waals surface area contributed by atoms with E-state index >= 15 is 0 Å². The molecule has 1 aromatic rings. The van der Waals surface area contributed by atoms with Crippen LogP contribution in [-0.4, -0.2) is 50.4 Å². The lowest BCUT2D eigenvalue weighted by Gasteiger charge is -2.35. The third-order valence-electron chi connectivity index (χ3n) is 3.40. The zero-order chi connectivity index (χ0) is 15.5. The largest absolute Gasteiger partial charge is 0.492 e. The van der Waals surface area contributed by atoms with Crippen molar-refractivity contribution in [2.75, 3.05) is 31.2 Å². The maximum absolute atomic E-state index is 12.4. The number of nitrogen functional groups attached to an aromatic ring is 1. The normalized spacial score (nSPS) is 23.9. The number of hydrogen-bond acceptors (Lipinski definition) is 5. The minimum absolute atomic E-state index is 0.0472. The van der Waals surface area contributed by atoms with Crippen LogP contribution in [0.25, 0.3) is 0 Å². The van der Waals surface area contributed by atoms with Gasteiger partial charge in [-0.3, -0.25) is 0 Å². The van der Waals surface area contributed by atoms with E-state index in [2.05, 4.69) is 0 Å². The van der Waals surface area contributed by atoms with Gasteiger partial charge in [0, 0.05) is 18.3 Å². The number of ether oxygens (including phenoxy) is 2. The van der Waals surface area contributed by atoms with Gasteiger partial charge in [-0.05, 0) is 38.1 Å². The molecule has 1 saturated heterocycles. The fourth-order valence-electron chi connectivity index (χ4n) is 2.21. The smallest absolute Gasteiger partial charge is 0.217 e. The van der Waals surface area contributed by atoms with Crippen molar-refractivity contribution in [2.45, 2.75) is 26.0 Å². The molecule has 0 aliphatic carbocycles. The van der Waals surface area contributed by atoms with Crippen molar-refractivity contribution in [1.82, 2.24) is 4.31 Å². The Morgan fingerprint density at radius 2 is 2.00 bits per heavy atom. The SMILES string of the molecule is CC1CN(S(=O)(=O)CCOc2ccc(N)cc2)C(C)CO1. The predicted molar refractivity (Wildman–Crippen MR) is 81.7 cm³/mol. The van der Waals surface area contributed by atoms with Crippen molar-refractivity contribution in [2.24, 2.45) is 0 Å². The number of sulfonamides is 1. The summed E-state index contributed by atoms with van der Waals surface area (Å²) >= 11 is 0. The average Bonchev–Trinajstić information content (AvgIpc) is 2.43. The Kier molecular flexibility index (Phi) is 5.08. The fourth-order valence-corrected chi connectivity index (χ4v) is 3.78. The summed E-state index contributed by atoms with van der Waals surface area (Å²) in [5, 5.41) is 0. The summed E-state index contributed by atoms with van der Waals surface area (Å²) in [6.45, 7) is 4.67. The molecule has 0 amide bonds. The van der Waals surface area contributed by atoms with Gasteiger partial charge in [0.2, 0.25) is 10.0 Å². The van der Waals surface area contributed by atoms with E-state index in [0.717, 1.165) is 0 Å². The summed E-state index contributed by atoms with van der Waals surface area (Å²) in [6, 6.07) is 6.75. The van der Waals surface area contributed by atoms with Gasteiger partial charge < -0.3 is 15.2 Å². The van der Waals surface area contributed by atoms with Gasteiger partial charge in [0.1, 0.15) is 12.4 Å². The van der Waals surface area contributed by atoms with Crippen molar-refractivity contribution in [3.8, 4) is 5.75 Å². The van der Waals surface area contributed by atoms with Crippen LogP contribution in [0.5, 0.6) is 5.75 Å². The quantitative estimate of drug-likeness (QED) is 0.823. The molecule has 7 heteroatoms. The van der Waals surface area contributed by atoms with Crippen molar-refractivity contribution < 1.29 is 17.9 Å². The molecule has 21 heavy (non-hydrogen) atoms. The van der Waals surface area contributed by atoms with E-state index in [9.17, 15) is 8.42 Å². The van der Waals surface area contributed by atoms with Gasteiger partial charge in [0.15, 0.2) is 0 Å². The van der Waals surface area contributed by atoms with E-state index in [-0.39, 0.29) is 24.5 Å². The van der Waals surface area contributed by atoms with E-state index in [1.807, 2.05) is 13.8 Å². The van der Waals surface area contributed by atoms with Gasteiger partial charge in [-0.15, -0.1) is 0 Å². The summed E-state index contributed by atoms with van der Waals surface area (Å²) in [5.41, 5.74) is 6.22. The van der Waals surface area contributed by atoms with Crippen LogP contribution >= 0.6 is 0 Å². The topological polar surface area (TPSA) is 81.9 Å². The van der Waals surface area contributed by atoms with Gasteiger partial charge in [-0.25, -0.2) is 8.42 Å². The van der Waals surface area contributed by atoms with E-state index in [4.69, 9.17) is 15.2 Å². The molecule has 0 radical (unpaired) electrons. The monoisotopic (exact) mass is 314 g/mol. The lowest BCUT2D eigenvalue weighted by Crippen LogP contribution is -2.51. The summed E-state index contributed by atoms with van der Waals surface area (Å²) in [6.07, 6.45) is -0.0750. The maximum Gasteiger partial charge on any atom is 0.217 e. The number of nitrogens with two attached hydrogens (primary N) is 1. The summed E-state index contributed by atoms with van der Waals surface area (Å²) in [7, 11) is -3.34. The van der Waals surface area contributed by atoms with Crippen LogP contribution in [0.15, 0.2) is 24.3 Å². The van der Waals surface area contributed by atoms with Crippen LogP contribution < -0.4 is 10.5 Å². The molecular weight excluding hydrogens is 292 g/mol. The van der Waals surface area contributed by atoms with Crippen LogP contribution in [0.3, 0.4) is 0 Å². The molecule has 0 aromatic heterocycles. The predicted octanol–water partition coefficient (Wildman–Crippen LogP) is 1.09. The molecule has 1 fully saturated rings. The standard InChI is InChI=1S/C14H22N2O4S/c1-11-10-20-12(2)9-16(11)21(17,18)8-7-19-14-5-3-13(15)4-6-14/h3-6,11-12H,7-10,15H2,1-2H3. The number of morpholine rings is 1. The lowest BCUT2D eigenvalue weighted by molar-refractivity contribution is -0.0171. The third-order valence-corrected chi connectivity index (χ3v) is 5.30. The molecule has 2 N–H and O–H groups in total. The molecule has 1 aliphatic heterocycles. The number of nitrogens with zero attached hydrogens (tertiary/aromatic N) is 1. The molecule has 6 nitrogen and oxygen atoms in total. The Morgan fingerprint density at radius 3 is 2.67 bits per heavy atom. The molecule has 1 aromatic carbocycles. The highest BCUT2D eigenvalue weighted by Crippen LogP contribution is 2.17. The molecular formula is C14H22N2O4S. The first-order chi connectivity index (χ1) is 9.88. The Morgan fingerprint density at radius 1 is 1.33 bits per heavy atom. The van der Waals surface area contributed by atoms with Crippen molar-refractivity contribution >= 4 is 15.7 Å². The number of anilines is 1. The van der Waals surface area contributed by atoms with Crippen LogP contribution in [0.4, 0.5) is 5.69 Å². The van der Waals surface area contributed by atoms with Crippen molar-refractivity contribution in [3.63, 3.8) is 0 Å².